The fourth-order valence-electron chi connectivity index (χ4n) is 1.58. The summed E-state index contributed by atoms with van der Waals surface area (Å²) in [7, 11) is 0. The van der Waals surface area contributed by atoms with Gasteiger partial charge in [0, 0.05) is 23.0 Å². The molecule has 0 atom stereocenters. The Balaban J connectivity index is 1.86. The maximum Gasteiger partial charge on any atom is 0.240 e. The van der Waals surface area contributed by atoms with Crippen molar-refractivity contribution in [2.24, 2.45) is 0 Å². The van der Waals surface area contributed by atoms with Crippen molar-refractivity contribution >= 4 is 45.3 Å². The van der Waals surface area contributed by atoms with Gasteiger partial charge in [-0.1, -0.05) is 18.5 Å². The lowest BCUT2D eigenvalue weighted by Gasteiger charge is -2.18. The number of hydrogen-bond acceptors (Lipinski definition) is 5. The van der Waals surface area contributed by atoms with E-state index in [1.165, 1.54) is 11.3 Å². The van der Waals surface area contributed by atoms with Gasteiger partial charge >= 0.3 is 0 Å². The van der Waals surface area contributed by atoms with Gasteiger partial charge in [-0.15, -0.1) is 22.7 Å². The topological polar surface area (TPSA) is 45.2 Å². The van der Waals surface area contributed by atoms with Crippen LogP contribution in [0.5, 0.6) is 0 Å². The molecule has 0 unspecified atom stereocenters. The van der Waals surface area contributed by atoms with Crippen LogP contribution in [-0.4, -0.2) is 28.9 Å². The summed E-state index contributed by atoms with van der Waals surface area (Å²) in [6, 6.07) is 3.87. The number of rotatable bonds is 6. The van der Waals surface area contributed by atoms with Crippen LogP contribution in [0.2, 0.25) is 4.34 Å². The molecule has 1 N–H and O–H groups in total. The lowest BCUT2D eigenvalue weighted by atomic mass is 10.4. The maximum absolute atomic E-state index is 11.9. The quantitative estimate of drug-likeness (QED) is 0.889. The van der Waals surface area contributed by atoms with E-state index in [-0.39, 0.29) is 5.91 Å². The Morgan fingerprint density at radius 2 is 2.37 bits per heavy atom. The van der Waals surface area contributed by atoms with Crippen LogP contribution in [0.4, 0.5) is 5.13 Å². The first kappa shape index (κ1) is 14.5. The second-order valence-corrected chi connectivity index (χ2v) is 6.59. The minimum atomic E-state index is -0.0422. The largest absolute Gasteiger partial charge is 0.301 e. The van der Waals surface area contributed by atoms with Crippen molar-refractivity contribution in [3.05, 3.63) is 32.9 Å². The minimum Gasteiger partial charge on any atom is -0.301 e. The number of thiophene rings is 1. The van der Waals surface area contributed by atoms with Crippen LogP contribution in [0.1, 0.15) is 11.8 Å². The smallest absolute Gasteiger partial charge is 0.240 e. The number of carbonyl (C=O) groups is 1. The summed E-state index contributed by atoms with van der Waals surface area (Å²) in [4.78, 5) is 19.1. The number of likely N-dealkylation sites (N-methyl/N-ethyl adjacent to an activating group) is 1. The first-order valence-corrected chi connectivity index (χ1v) is 7.90. The summed E-state index contributed by atoms with van der Waals surface area (Å²) in [5, 5.41) is 5.26. The van der Waals surface area contributed by atoms with Crippen LogP contribution < -0.4 is 5.32 Å². The Kier molecular flexibility index (Phi) is 5.33. The molecular weight excluding hydrogens is 302 g/mol. The second kappa shape index (κ2) is 7.00. The van der Waals surface area contributed by atoms with E-state index in [4.69, 9.17) is 11.6 Å². The lowest BCUT2D eigenvalue weighted by Crippen LogP contribution is -2.32. The van der Waals surface area contributed by atoms with E-state index >= 15 is 0 Å². The van der Waals surface area contributed by atoms with Crippen LogP contribution in [0, 0.1) is 0 Å². The van der Waals surface area contributed by atoms with Gasteiger partial charge in [-0.25, -0.2) is 4.98 Å². The van der Waals surface area contributed by atoms with Gasteiger partial charge in [0.1, 0.15) is 0 Å². The molecule has 1 amide bonds. The normalized spacial score (nSPS) is 10.9. The fourth-order valence-corrected chi connectivity index (χ4v) is 3.26. The number of nitrogens with one attached hydrogen (secondary N) is 1. The second-order valence-electron chi connectivity index (χ2n) is 3.89. The van der Waals surface area contributed by atoms with E-state index < -0.39 is 0 Å². The molecule has 2 aromatic heterocycles. The standard InChI is InChI=1S/C12H14ClN3OS2/c1-2-16(7-9-3-4-10(13)19-9)8-11(17)15-12-14-5-6-18-12/h3-6H,2,7-8H2,1H3,(H,14,15,17). The van der Waals surface area contributed by atoms with Gasteiger partial charge in [0.15, 0.2) is 5.13 Å². The molecule has 19 heavy (non-hydrogen) atoms. The van der Waals surface area contributed by atoms with Crippen LogP contribution in [0.25, 0.3) is 0 Å². The maximum atomic E-state index is 11.9. The summed E-state index contributed by atoms with van der Waals surface area (Å²) in [5.74, 6) is -0.0422. The summed E-state index contributed by atoms with van der Waals surface area (Å²) >= 11 is 8.86. The van der Waals surface area contributed by atoms with Gasteiger partial charge in [0.25, 0.3) is 0 Å². The fraction of sp³-hybridized carbons (Fsp3) is 0.333. The molecule has 4 nitrogen and oxygen atoms in total. The molecule has 2 rings (SSSR count). The highest BCUT2D eigenvalue weighted by molar-refractivity contribution is 7.16. The van der Waals surface area contributed by atoms with E-state index in [0.29, 0.717) is 11.7 Å². The van der Waals surface area contributed by atoms with Gasteiger partial charge < -0.3 is 5.32 Å². The number of nitrogens with zero attached hydrogens (tertiary/aromatic N) is 2. The number of carbonyl (C=O) groups excluding carboxylic acids is 1. The summed E-state index contributed by atoms with van der Waals surface area (Å²) in [6.45, 7) is 3.93. The van der Waals surface area contributed by atoms with Crippen molar-refractivity contribution in [3.8, 4) is 0 Å². The van der Waals surface area contributed by atoms with Crippen molar-refractivity contribution in [1.82, 2.24) is 9.88 Å². The highest BCUT2D eigenvalue weighted by Crippen LogP contribution is 2.22. The Hall–Kier alpha value is -0.950. The molecule has 0 aliphatic heterocycles. The highest BCUT2D eigenvalue weighted by Gasteiger charge is 2.11. The van der Waals surface area contributed by atoms with Crippen molar-refractivity contribution < 1.29 is 4.79 Å². The Morgan fingerprint density at radius 1 is 1.53 bits per heavy atom. The predicted molar refractivity (Wildman–Crippen MR) is 81.0 cm³/mol. The van der Waals surface area contributed by atoms with E-state index in [1.54, 1.807) is 17.5 Å². The third kappa shape index (κ3) is 4.58. The monoisotopic (exact) mass is 315 g/mol. The molecule has 7 heteroatoms. The minimum absolute atomic E-state index is 0.0422. The summed E-state index contributed by atoms with van der Waals surface area (Å²) in [5.41, 5.74) is 0. The summed E-state index contributed by atoms with van der Waals surface area (Å²) in [6.07, 6.45) is 1.67. The van der Waals surface area contributed by atoms with Crippen LogP contribution in [0.15, 0.2) is 23.7 Å². The van der Waals surface area contributed by atoms with Crippen LogP contribution in [-0.2, 0) is 11.3 Å². The van der Waals surface area contributed by atoms with Gasteiger partial charge in [-0.3, -0.25) is 9.69 Å². The third-order valence-electron chi connectivity index (χ3n) is 2.50. The van der Waals surface area contributed by atoms with E-state index in [9.17, 15) is 4.79 Å². The number of amides is 1. The zero-order valence-corrected chi connectivity index (χ0v) is 12.8. The van der Waals surface area contributed by atoms with E-state index in [2.05, 4.69) is 15.2 Å². The van der Waals surface area contributed by atoms with Crippen molar-refractivity contribution in [2.45, 2.75) is 13.5 Å². The molecule has 0 aliphatic rings. The number of aromatic nitrogens is 1. The number of halogens is 1. The molecule has 0 radical (unpaired) electrons. The average Bonchev–Trinajstić information content (AvgIpc) is 3.00. The third-order valence-corrected chi connectivity index (χ3v) is 4.41. The van der Waals surface area contributed by atoms with E-state index in [1.807, 2.05) is 24.4 Å². The molecule has 0 aromatic carbocycles. The molecule has 0 aliphatic carbocycles. The van der Waals surface area contributed by atoms with Crippen molar-refractivity contribution in [1.29, 1.82) is 0 Å². The Morgan fingerprint density at radius 3 is 2.95 bits per heavy atom. The van der Waals surface area contributed by atoms with Crippen LogP contribution >= 0.6 is 34.3 Å². The lowest BCUT2D eigenvalue weighted by molar-refractivity contribution is -0.117. The molecule has 0 bridgehead atoms. The zero-order chi connectivity index (χ0) is 13.7. The summed E-state index contributed by atoms with van der Waals surface area (Å²) < 4.78 is 0.776. The number of hydrogen-bond donors (Lipinski definition) is 1. The number of thiazole rings is 1. The van der Waals surface area contributed by atoms with Gasteiger partial charge in [0.2, 0.25) is 5.91 Å². The zero-order valence-electron chi connectivity index (χ0n) is 10.4. The SMILES string of the molecule is CCN(CC(=O)Nc1nccs1)Cc1ccc(Cl)s1. The van der Waals surface area contributed by atoms with Crippen molar-refractivity contribution in [3.63, 3.8) is 0 Å². The molecule has 0 fully saturated rings. The van der Waals surface area contributed by atoms with Gasteiger partial charge in [-0.2, -0.15) is 0 Å². The van der Waals surface area contributed by atoms with E-state index in [0.717, 1.165) is 22.3 Å². The molecule has 2 heterocycles. The Bertz CT molecular complexity index is 527. The van der Waals surface area contributed by atoms with Gasteiger partial charge in [-0.05, 0) is 18.7 Å². The number of anilines is 1. The van der Waals surface area contributed by atoms with Gasteiger partial charge in [0.05, 0.1) is 10.9 Å². The first-order valence-electron chi connectivity index (χ1n) is 5.83. The molecule has 2 aromatic rings. The average molecular weight is 316 g/mol. The molecule has 0 spiro atoms. The Labute approximate surface area is 125 Å². The van der Waals surface area contributed by atoms with Crippen LogP contribution in [0.3, 0.4) is 0 Å². The first-order chi connectivity index (χ1) is 9.17. The molecule has 0 saturated carbocycles. The van der Waals surface area contributed by atoms with Crippen molar-refractivity contribution in [2.75, 3.05) is 18.4 Å². The molecule has 102 valence electrons. The highest BCUT2D eigenvalue weighted by atomic mass is 35.5. The molecular formula is C12H14ClN3OS2. The predicted octanol–water partition coefficient (Wildman–Crippen LogP) is 3.32. The molecule has 0 saturated heterocycles.